The Labute approximate surface area is 123 Å². The first-order valence-electron chi connectivity index (χ1n) is 7.30. The summed E-state index contributed by atoms with van der Waals surface area (Å²) in [6.45, 7) is 15.8. The summed E-state index contributed by atoms with van der Waals surface area (Å²) in [5.74, 6) is 0.0717. The fourth-order valence-corrected chi connectivity index (χ4v) is 1.52. The predicted octanol–water partition coefficient (Wildman–Crippen LogP) is 3.98. The normalized spacial score (nSPS) is 11.3. The maximum atomic E-state index is 10.8. The van der Waals surface area contributed by atoms with E-state index >= 15 is 0 Å². The quantitative estimate of drug-likeness (QED) is 0.751. The zero-order valence-corrected chi connectivity index (χ0v) is 14.3. The summed E-state index contributed by atoms with van der Waals surface area (Å²) >= 11 is 0. The lowest BCUT2D eigenvalue weighted by Gasteiger charge is -2.20. The van der Waals surface area contributed by atoms with Crippen LogP contribution in [-0.4, -0.2) is 23.7 Å². The van der Waals surface area contributed by atoms with E-state index in [0.717, 1.165) is 6.42 Å². The van der Waals surface area contributed by atoms with Gasteiger partial charge in [-0.05, 0) is 32.1 Å². The third-order valence-corrected chi connectivity index (χ3v) is 2.53. The van der Waals surface area contributed by atoms with Gasteiger partial charge in [0.1, 0.15) is 0 Å². The molecule has 0 aliphatic heterocycles. The molecule has 0 aromatic carbocycles. The zero-order valence-electron chi connectivity index (χ0n) is 14.3. The molecule has 0 saturated heterocycles. The number of rotatable bonds is 6. The van der Waals surface area contributed by atoms with E-state index in [-0.39, 0.29) is 11.9 Å². The van der Waals surface area contributed by atoms with Crippen LogP contribution in [0.4, 0.5) is 0 Å². The SMILES string of the molecule is CC(C)CC(C)(C)C(=O)O.CC(C)COC(=O)C(C)C. The third kappa shape index (κ3) is 12.0. The van der Waals surface area contributed by atoms with Gasteiger partial charge in [-0.1, -0.05) is 41.5 Å². The fraction of sp³-hybridized carbons (Fsp3) is 0.875. The van der Waals surface area contributed by atoms with E-state index in [9.17, 15) is 9.59 Å². The average molecular weight is 288 g/mol. The van der Waals surface area contributed by atoms with Crippen LogP contribution in [0.25, 0.3) is 0 Å². The molecule has 0 saturated carbocycles. The van der Waals surface area contributed by atoms with Crippen LogP contribution >= 0.6 is 0 Å². The number of aliphatic carboxylic acids is 1. The van der Waals surface area contributed by atoms with E-state index in [1.165, 1.54) is 0 Å². The van der Waals surface area contributed by atoms with E-state index in [1.807, 2.05) is 41.5 Å². The number of carbonyl (C=O) groups is 2. The summed E-state index contributed by atoms with van der Waals surface area (Å²) in [4.78, 5) is 21.4. The first kappa shape index (κ1) is 21.2. The van der Waals surface area contributed by atoms with Gasteiger partial charge in [-0.3, -0.25) is 9.59 Å². The Morgan fingerprint density at radius 2 is 1.45 bits per heavy atom. The Hall–Kier alpha value is -1.06. The van der Waals surface area contributed by atoms with Crippen LogP contribution in [-0.2, 0) is 14.3 Å². The lowest BCUT2D eigenvalue weighted by Crippen LogP contribution is -2.25. The highest BCUT2D eigenvalue weighted by molar-refractivity contribution is 5.73. The smallest absolute Gasteiger partial charge is 0.309 e. The summed E-state index contributed by atoms with van der Waals surface area (Å²) in [6.07, 6.45) is 0.738. The van der Waals surface area contributed by atoms with Crippen molar-refractivity contribution in [3.63, 3.8) is 0 Å². The highest BCUT2D eigenvalue weighted by Crippen LogP contribution is 2.24. The molecule has 4 heteroatoms. The van der Waals surface area contributed by atoms with E-state index in [1.54, 1.807) is 13.8 Å². The summed E-state index contributed by atoms with van der Waals surface area (Å²) in [7, 11) is 0. The molecule has 0 amide bonds. The number of hydrogen-bond acceptors (Lipinski definition) is 3. The van der Waals surface area contributed by atoms with E-state index in [4.69, 9.17) is 9.84 Å². The molecule has 0 unspecified atom stereocenters. The second-order valence-corrected chi connectivity index (χ2v) is 6.97. The first-order valence-corrected chi connectivity index (χ1v) is 7.30. The number of hydrogen-bond donors (Lipinski definition) is 1. The number of ether oxygens (including phenoxy) is 1. The Morgan fingerprint density at radius 1 is 1.00 bits per heavy atom. The molecule has 0 aliphatic carbocycles. The first-order chi connectivity index (χ1) is 8.90. The molecular weight excluding hydrogens is 256 g/mol. The second-order valence-electron chi connectivity index (χ2n) is 6.97. The Bertz CT molecular complexity index is 289. The number of esters is 1. The van der Waals surface area contributed by atoms with Crippen molar-refractivity contribution in [1.29, 1.82) is 0 Å². The molecule has 0 aliphatic rings. The average Bonchev–Trinajstić information content (AvgIpc) is 2.24. The van der Waals surface area contributed by atoms with Crippen LogP contribution in [0.5, 0.6) is 0 Å². The minimum absolute atomic E-state index is 0.00116. The van der Waals surface area contributed by atoms with Crippen LogP contribution in [0.2, 0.25) is 0 Å². The molecule has 0 aromatic heterocycles. The van der Waals surface area contributed by atoms with Gasteiger partial charge in [-0.25, -0.2) is 0 Å². The molecule has 20 heavy (non-hydrogen) atoms. The topological polar surface area (TPSA) is 63.6 Å². The Morgan fingerprint density at radius 3 is 1.65 bits per heavy atom. The van der Waals surface area contributed by atoms with E-state index in [2.05, 4.69) is 0 Å². The number of carboxylic acid groups (broad SMARTS) is 1. The Balaban J connectivity index is 0. The van der Waals surface area contributed by atoms with Gasteiger partial charge >= 0.3 is 11.9 Å². The summed E-state index contributed by atoms with van der Waals surface area (Å²) in [5.41, 5.74) is -0.561. The van der Waals surface area contributed by atoms with Crippen LogP contribution in [0.15, 0.2) is 0 Å². The Kier molecular flexibility index (Phi) is 10.4. The van der Waals surface area contributed by atoms with Crippen LogP contribution in [0.3, 0.4) is 0 Å². The van der Waals surface area contributed by atoms with Gasteiger partial charge in [0, 0.05) is 0 Å². The van der Waals surface area contributed by atoms with Crippen LogP contribution in [0, 0.1) is 23.2 Å². The van der Waals surface area contributed by atoms with E-state index < -0.39 is 11.4 Å². The van der Waals surface area contributed by atoms with Gasteiger partial charge in [-0.2, -0.15) is 0 Å². The van der Waals surface area contributed by atoms with Crippen molar-refractivity contribution >= 4 is 11.9 Å². The fourth-order valence-electron chi connectivity index (χ4n) is 1.52. The van der Waals surface area contributed by atoms with Gasteiger partial charge in [-0.15, -0.1) is 0 Å². The predicted molar refractivity (Wildman–Crippen MR) is 81.5 cm³/mol. The summed E-state index contributed by atoms with van der Waals surface area (Å²) < 4.78 is 4.93. The molecule has 0 bridgehead atoms. The largest absolute Gasteiger partial charge is 0.481 e. The minimum atomic E-state index is -0.707. The van der Waals surface area contributed by atoms with Crippen molar-refractivity contribution in [2.75, 3.05) is 6.61 Å². The van der Waals surface area contributed by atoms with Gasteiger partial charge in [0.25, 0.3) is 0 Å². The van der Waals surface area contributed by atoms with Crippen molar-refractivity contribution in [2.24, 2.45) is 23.2 Å². The molecule has 0 heterocycles. The van der Waals surface area contributed by atoms with E-state index in [0.29, 0.717) is 18.4 Å². The maximum Gasteiger partial charge on any atom is 0.309 e. The van der Waals surface area contributed by atoms with Gasteiger partial charge in [0.05, 0.1) is 17.9 Å². The molecule has 120 valence electrons. The molecule has 4 nitrogen and oxygen atoms in total. The van der Waals surface area contributed by atoms with Gasteiger partial charge < -0.3 is 9.84 Å². The van der Waals surface area contributed by atoms with Gasteiger partial charge in [0.15, 0.2) is 0 Å². The summed E-state index contributed by atoms with van der Waals surface area (Å²) in [5, 5.41) is 8.69. The molecule has 0 rings (SSSR count). The minimum Gasteiger partial charge on any atom is -0.481 e. The highest BCUT2D eigenvalue weighted by Gasteiger charge is 2.27. The zero-order chi connectivity index (χ0) is 16.5. The monoisotopic (exact) mass is 288 g/mol. The number of carbonyl (C=O) groups excluding carboxylic acids is 1. The van der Waals surface area contributed by atoms with Crippen molar-refractivity contribution < 1.29 is 19.4 Å². The molecule has 0 radical (unpaired) electrons. The molecular formula is C16H32O4. The molecule has 0 atom stereocenters. The van der Waals surface area contributed by atoms with Crippen molar-refractivity contribution in [2.45, 2.75) is 61.8 Å². The van der Waals surface area contributed by atoms with Crippen molar-refractivity contribution in [3.8, 4) is 0 Å². The lowest BCUT2D eigenvalue weighted by molar-refractivity contribution is -0.148. The highest BCUT2D eigenvalue weighted by atomic mass is 16.5. The van der Waals surface area contributed by atoms with Crippen LogP contribution in [0.1, 0.15) is 61.8 Å². The summed E-state index contributed by atoms with van der Waals surface area (Å²) in [6, 6.07) is 0. The molecule has 0 spiro atoms. The number of carboxylic acids is 1. The second kappa shape index (κ2) is 9.78. The van der Waals surface area contributed by atoms with Gasteiger partial charge in [0.2, 0.25) is 0 Å². The van der Waals surface area contributed by atoms with Crippen molar-refractivity contribution in [1.82, 2.24) is 0 Å². The molecule has 0 aromatic rings. The standard InChI is InChI=1S/2C8H16O2/c1-6(2)5-8(3,4)7(9)10;1-6(2)5-10-8(9)7(3)4/h6H,5H2,1-4H3,(H,9,10);6-7H,5H2,1-4H3. The van der Waals surface area contributed by atoms with Crippen LogP contribution < -0.4 is 0 Å². The molecule has 0 fully saturated rings. The molecule has 1 N–H and O–H groups in total. The maximum absolute atomic E-state index is 10.8. The lowest BCUT2D eigenvalue weighted by atomic mass is 9.84. The third-order valence-electron chi connectivity index (χ3n) is 2.53. The van der Waals surface area contributed by atoms with Crippen molar-refractivity contribution in [3.05, 3.63) is 0 Å².